The lowest BCUT2D eigenvalue weighted by atomic mass is 10.1. The van der Waals surface area contributed by atoms with Crippen LogP contribution >= 0.6 is 11.6 Å². The first-order valence-corrected chi connectivity index (χ1v) is 6.81. The number of ether oxygens (including phenoxy) is 1. The van der Waals surface area contributed by atoms with Crippen molar-refractivity contribution in [2.24, 2.45) is 0 Å². The van der Waals surface area contributed by atoms with E-state index in [0.29, 0.717) is 6.04 Å². The minimum absolute atomic E-state index is 0.602. The van der Waals surface area contributed by atoms with Gasteiger partial charge >= 0.3 is 0 Å². The van der Waals surface area contributed by atoms with Crippen LogP contribution in [0.15, 0.2) is 18.2 Å². The molecule has 2 rings (SSSR count). The van der Waals surface area contributed by atoms with Crippen LogP contribution in [-0.4, -0.2) is 38.2 Å². The van der Waals surface area contributed by atoms with Gasteiger partial charge in [-0.2, -0.15) is 0 Å². The van der Waals surface area contributed by atoms with Gasteiger partial charge in [0.15, 0.2) is 0 Å². The lowest BCUT2D eigenvalue weighted by molar-refractivity contribution is 0.233. The predicted octanol–water partition coefficient (Wildman–Crippen LogP) is 2.53. The molecule has 0 bridgehead atoms. The summed E-state index contributed by atoms with van der Waals surface area (Å²) in [5.41, 5.74) is 1.13. The van der Waals surface area contributed by atoms with Crippen LogP contribution in [0.3, 0.4) is 0 Å². The van der Waals surface area contributed by atoms with Gasteiger partial charge in [-0.1, -0.05) is 11.6 Å². The maximum Gasteiger partial charge on any atom is 0.123 e. The summed E-state index contributed by atoms with van der Waals surface area (Å²) in [7, 11) is 3.87. The Morgan fingerprint density at radius 2 is 2.11 bits per heavy atom. The number of piperidine rings is 1. The Labute approximate surface area is 114 Å². The molecule has 1 aromatic carbocycles. The van der Waals surface area contributed by atoms with E-state index in [1.807, 2.05) is 18.2 Å². The van der Waals surface area contributed by atoms with Gasteiger partial charge in [0.05, 0.1) is 7.11 Å². The number of methoxy groups -OCH3 is 1. The van der Waals surface area contributed by atoms with Crippen LogP contribution in [0, 0.1) is 0 Å². The van der Waals surface area contributed by atoms with E-state index in [4.69, 9.17) is 16.3 Å². The summed E-state index contributed by atoms with van der Waals surface area (Å²) in [5, 5.41) is 4.36. The van der Waals surface area contributed by atoms with Gasteiger partial charge in [0.1, 0.15) is 5.75 Å². The molecule has 18 heavy (non-hydrogen) atoms. The highest BCUT2D eigenvalue weighted by Gasteiger charge is 2.16. The highest BCUT2D eigenvalue weighted by molar-refractivity contribution is 6.30. The summed E-state index contributed by atoms with van der Waals surface area (Å²) in [6, 6.07) is 6.36. The molecule has 1 aliphatic rings. The monoisotopic (exact) mass is 268 g/mol. The van der Waals surface area contributed by atoms with Crippen LogP contribution in [-0.2, 0) is 6.54 Å². The molecule has 0 atom stereocenters. The van der Waals surface area contributed by atoms with Gasteiger partial charge < -0.3 is 15.0 Å². The van der Waals surface area contributed by atoms with Crippen LogP contribution in [0.1, 0.15) is 18.4 Å². The number of nitrogens with one attached hydrogen (secondary N) is 1. The second-order valence-electron chi connectivity index (χ2n) is 4.91. The summed E-state index contributed by atoms with van der Waals surface area (Å²) >= 11 is 6.02. The second kappa shape index (κ2) is 6.41. The lowest BCUT2D eigenvalue weighted by Gasteiger charge is -2.29. The van der Waals surface area contributed by atoms with Crippen molar-refractivity contribution in [2.45, 2.75) is 25.4 Å². The van der Waals surface area contributed by atoms with Crippen LogP contribution in [0.5, 0.6) is 5.75 Å². The van der Waals surface area contributed by atoms with Gasteiger partial charge in [-0.15, -0.1) is 0 Å². The Hall–Kier alpha value is -0.770. The van der Waals surface area contributed by atoms with Crippen molar-refractivity contribution < 1.29 is 4.74 Å². The minimum Gasteiger partial charge on any atom is -0.496 e. The molecule has 4 heteroatoms. The zero-order valence-corrected chi connectivity index (χ0v) is 11.8. The fourth-order valence-electron chi connectivity index (χ4n) is 2.35. The quantitative estimate of drug-likeness (QED) is 0.908. The van der Waals surface area contributed by atoms with E-state index in [9.17, 15) is 0 Å². The maximum atomic E-state index is 6.02. The van der Waals surface area contributed by atoms with Crippen molar-refractivity contribution in [2.75, 3.05) is 27.2 Å². The zero-order chi connectivity index (χ0) is 13.0. The Balaban J connectivity index is 1.91. The number of nitrogens with zero attached hydrogens (tertiary/aromatic N) is 1. The summed E-state index contributed by atoms with van der Waals surface area (Å²) in [4.78, 5) is 2.37. The zero-order valence-electron chi connectivity index (χ0n) is 11.1. The topological polar surface area (TPSA) is 24.5 Å². The van der Waals surface area contributed by atoms with Crippen LogP contribution in [0.25, 0.3) is 0 Å². The third kappa shape index (κ3) is 3.61. The first-order valence-electron chi connectivity index (χ1n) is 6.43. The average molecular weight is 269 g/mol. The van der Waals surface area contributed by atoms with Crippen molar-refractivity contribution in [1.82, 2.24) is 10.2 Å². The third-order valence-corrected chi connectivity index (χ3v) is 3.78. The molecular formula is C14H21ClN2O. The first-order chi connectivity index (χ1) is 8.69. The number of hydrogen-bond acceptors (Lipinski definition) is 3. The molecule has 1 aromatic rings. The Morgan fingerprint density at radius 1 is 1.39 bits per heavy atom. The molecule has 100 valence electrons. The van der Waals surface area contributed by atoms with Gasteiger partial charge in [-0.25, -0.2) is 0 Å². The summed E-state index contributed by atoms with van der Waals surface area (Å²) in [5.74, 6) is 0.903. The van der Waals surface area contributed by atoms with Gasteiger partial charge in [0.2, 0.25) is 0 Å². The Kier molecular flexibility index (Phi) is 4.87. The van der Waals surface area contributed by atoms with Gasteiger partial charge in [-0.05, 0) is 51.2 Å². The number of benzene rings is 1. The van der Waals surface area contributed by atoms with E-state index >= 15 is 0 Å². The van der Waals surface area contributed by atoms with Crippen molar-refractivity contribution in [3.63, 3.8) is 0 Å². The maximum absolute atomic E-state index is 6.02. The normalized spacial score (nSPS) is 17.9. The highest BCUT2D eigenvalue weighted by atomic mass is 35.5. The fourth-order valence-corrected chi connectivity index (χ4v) is 2.55. The third-order valence-electron chi connectivity index (χ3n) is 3.54. The lowest BCUT2D eigenvalue weighted by Crippen LogP contribution is -2.40. The first kappa shape index (κ1) is 13.7. The van der Waals surface area contributed by atoms with E-state index in [1.165, 1.54) is 25.9 Å². The molecule has 0 unspecified atom stereocenters. The van der Waals surface area contributed by atoms with E-state index in [-0.39, 0.29) is 0 Å². The number of likely N-dealkylation sites (tertiary alicyclic amines) is 1. The van der Waals surface area contributed by atoms with Crippen molar-refractivity contribution >= 4 is 11.6 Å². The second-order valence-corrected chi connectivity index (χ2v) is 5.35. The molecule has 1 aliphatic heterocycles. The Bertz CT molecular complexity index is 389. The van der Waals surface area contributed by atoms with E-state index in [0.717, 1.165) is 22.9 Å². The van der Waals surface area contributed by atoms with Gasteiger partial charge in [-0.3, -0.25) is 0 Å². The molecule has 0 saturated carbocycles. The van der Waals surface area contributed by atoms with Crippen LogP contribution in [0.4, 0.5) is 0 Å². The SMILES string of the molecule is COc1ccc(Cl)cc1CNC1CCN(C)CC1. The fraction of sp³-hybridized carbons (Fsp3) is 0.571. The van der Waals surface area contributed by atoms with Crippen LogP contribution < -0.4 is 10.1 Å². The minimum atomic E-state index is 0.602. The van der Waals surface area contributed by atoms with E-state index in [2.05, 4.69) is 17.3 Å². The number of hydrogen-bond donors (Lipinski definition) is 1. The molecular weight excluding hydrogens is 248 g/mol. The molecule has 3 nitrogen and oxygen atoms in total. The molecule has 0 spiro atoms. The van der Waals surface area contributed by atoms with Crippen molar-refractivity contribution in [1.29, 1.82) is 0 Å². The molecule has 1 N–H and O–H groups in total. The summed E-state index contributed by atoms with van der Waals surface area (Å²) < 4.78 is 5.35. The molecule has 0 aliphatic carbocycles. The number of halogens is 1. The largest absolute Gasteiger partial charge is 0.496 e. The standard InChI is InChI=1S/C14H21ClN2O/c1-17-7-5-13(6-8-17)16-10-11-9-12(15)3-4-14(11)18-2/h3-4,9,13,16H,5-8,10H2,1-2H3. The molecule has 1 fully saturated rings. The molecule has 1 heterocycles. The average Bonchev–Trinajstić information content (AvgIpc) is 2.38. The summed E-state index contributed by atoms with van der Waals surface area (Å²) in [6.45, 7) is 3.16. The van der Waals surface area contributed by atoms with Gasteiger partial charge in [0.25, 0.3) is 0 Å². The van der Waals surface area contributed by atoms with E-state index < -0.39 is 0 Å². The summed E-state index contributed by atoms with van der Waals surface area (Å²) in [6.07, 6.45) is 2.42. The predicted molar refractivity (Wildman–Crippen MR) is 75.4 cm³/mol. The van der Waals surface area contributed by atoms with Crippen molar-refractivity contribution in [3.05, 3.63) is 28.8 Å². The molecule has 0 amide bonds. The van der Waals surface area contributed by atoms with Crippen molar-refractivity contribution in [3.8, 4) is 5.75 Å². The number of rotatable bonds is 4. The smallest absolute Gasteiger partial charge is 0.123 e. The van der Waals surface area contributed by atoms with Crippen LogP contribution in [0.2, 0.25) is 5.02 Å². The highest BCUT2D eigenvalue weighted by Crippen LogP contribution is 2.23. The van der Waals surface area contributed by atoms with Gasteiger partial charge in [0, 0.05) is 23.2 Å². The molecule has 0 aromatic heterocycles. The van der Waals surface area contributed by atoms with E-state index in [1.54, 1.807) is 7.11 Å². The molecule has 1 saturated heterocycles. The molecule has 0 radical (unpaired) electrons. The Morgan fingerprint density at radius 3 is 2.78 bits per heavy atom.